The Morgan fingerprint density at radius 3 is 2.17 bits per heavy atom. The summed E-state index contributed by atoms with van der Waals surface area (Å²) in [7, 11) is 37.0. The number of anilines is 2. The van der Waals surface area contributed by atoms with Gasteiger partial charge in [0, 0.05) is 17.2 Å². The maximum atomic E-state index is 12.0. The van der Waals surface area contributed by atoms with Crippen LogP contribution in [0, 0.1) is 0 Å². The van der Waals surface area contributed by atoms with Crippen molar-refractivity contribution in [1.29, 1.82) is 0 Å². The summed E-state index contributed by atoms with van der Waals surface area (Å²) >= 11 is 0. The molecule has 1 aromatic heterocycles. The van der Waals surface area contributed by atoms with Gasteiger partial charge >= 0.3 is 0 Å². The van der Waals surface area contributed by atoms with E-state index >= 15 is 0 Å². The highest BCUT2D eigenvalue weighted by molar-refractivity contribution is 6.38. The second-order valence-electron chi connectivity index (χ2n) is 8.84. The Bertz CT molecular complexity index is 785. The minimum Gasteiger partial charge on any atom is -0.394 e. The summed E-state index contributed by atoms with van der Waals surface area (Å²) in [6.45, 7) is 7.19. The Kier molecular flexibility index (Phi) is 6.26. The van der Waals surface area contributed by atoms with Crippen molar-refractivity contribution in [2.75, 3.05) is 10.6 Å². The van der Waals surface area contributed by atoms with Gasteiger partial charge in [0.1, 0.15) is 21.5 Å². The number of aliphatic hydroxyl groups excluding tert-OH is 1. The number of rotatable bonds is 4. The van der Waals surface area contributed by atoms with E-state index in [1.54, 1.807) is 0 Å². The van der Waals surface area contributed by atoms with E-state index in [0.717, 1.165) is 0 Å². The van der Waals surface area contributed by atoms with Crippen molar-refractivity contribution >= 4 is 70.3 Å². The number of nitrogens with two attached hydrogens (primary N) is 1. The van der Waals surface area contributed by atoms with E-state index in [0.29, 0.717) is 0 Å². The maximum absolute atomic E-state index is 12.0. The van der Waals surface area contributed by atoms with Crippen molar-refractivity contribution in [3.8, 4) is 0 Å². The SMILES string of the molecule is [B]c1nc(NC(C)(C)C)nc(NC2([B])C([B])C([B])C([B])(C)C(O)C2[B])c1C(N)=O. The number of primary amides is 1. The highest BCUT2D eigenvalue weighted by Gasteiger charge is 2.53. The fourth-order valence-electron chi connectivity index (χ4n) is 3.33. The van der Waals surface area contributed by atoms with Crippen LogP contribution in [-0.4, -0.2) is 85.1 Å². The van der Waals surface area contributed by atoms with E-state index in [-0.39, 0.29) is 22.9 Å². The van der Waals surface area contributed by atoms with Gasteiger partial charge in [-0.1, -0.05) is 18.6 Å². The second kappa shape index (κ2) is 7.64. The van der Waals surface area contributed by atoms with Crippen LogP contribution in [-0.2, 0) is 0 Å². The molecule has 1 aliphatic carbocycles. The van der Waals surface area contributed by atoms with Crippen LogP contribution in [0.5, 0.6) is 0 Å². The lowest BCUT2D eigenvalue weighted by atomic mass is 9.31. The van der Waals surface area contributed by atoms with Gasteiger partial charge in [-0.15, -0.1) is 0 Å². The number of nitrogens with one attached hydrogen (secondary N) is 2. The molecule has 140 valence electrons. The number of carbonyl (C=O) groups excluding carboxylic acids is 1. The molecule has 0 aliphatic heterocycles. The first-order chi connectivity index (χ1) is 13.0. The number of carbonyl (C=O) groups is 1. The van der Waals surface area contributed by atoms with Crippen LogP contribution in [0.25, 0.3) is 0 Å². The van der Waals surface area contributed by atoms with E-state index in [9.17, 15) is 9.90 Å². The Labute approximate surface area is 180 Å². The fraction of sp³-hybridized carbons (Fsp3) is 0.688. The molecule has 6 unspecified atom stereocenters. The molecule has 12 radical (unpaired) electrons. The summed E-state index contributed by atoms with van der Waals surface area (Å²) < 4.78 is 0. The molecule has 1 saturated carbocycles. The maximum Gasteiger partial charge on any atom is 0.253 e. The number of hydrogen-bond acceptors (Lipinski definition) is 6. The molecule has 1 aromatic rings. The Hall–Kier alpha value is -1.50. The Morgan fingerprint density at radius 1 is 1.14 bits per heavy atom. The third-order valence-corrected chi connectivity index (χ3v) is 5.19. The van der Waals surface area contributed by atoms with Crippen molar-refractivity contribution in [3.05, 3.63) is 5.56 Å². The number of hydrogen-bond donors (Lipinski definition) is 4. The van der Waals surface area contributed by atoms with Crippen molar-refractivity contribution < 1.29 is 9.90 Å². The lowest BCUT2D eigenvalue weighted by Crippen LogP contribution is -2.60. The highest BCUT2D eigenvalue weighted by atomic mass is 16.3. The molecule has 0 saturated heterocycles. The molecule has 0 spiro atoms. The zero-order chi connectivity index (χ0) is 22.5. The van der Waals surface area contributed by atoms with Crippen molar-refractivity contribution in [2.45, 2.75) is 67.5 Å². The Balaban J connectivity index is 2.57. The summed E-state index contributed by atoms with van der Waals surface area (Å²) in [5.74, 6) is -3.97. The largest absolute Gasteiger partial charge is 0.394 e. The average Bonchev–Trinajstić information content (AvgIpc) is 2.55. The molecular weight excluding hydrogens is 359 g/mol. The van der Waals surface area contributed by atoms with Gasteiger partial charge in [-0.3, -0.25) is 4.79 Å². The van der Waals surface area contributed by atoms with E-state index in [1.807, 2.05) is 20.8 Å². The zero-order valence-corrected chi connectivity index (χ0v) is 17.1. The molecule has 7 nitrogen and oxygen atoms in total. The van der Waals surface area contributed by atoms with E-state index in [2.05, 4.69) is 20.6 Å². The lowest BCUT2D eigenvalue weighted by molar-refractivity contribution is 0.0787. The van der Waals surface area contributed by atoms with Gasteiger partial charge in [-0.25, -0.2) is 4.98 Å². The van der Waals surface area contributed by atoms with E-state index in [1.165, 1.54) is 6.92 Å². The molecule has 6 atom stereocenters. The standard InChI is InChI=1S/C16H21B6N5O2/c1-14(2,3)27-13-24-10(20)5(11(23)29)12(25-13)26-16(22)7(18)6(17)15(4,21)9(28)8(16)19/h6-9,28H,1-4H3,(H2,23,29)(H2,24,25,26,27). The topological polar surface area (TPSA) is 113 Å². The van der Waals surface area contributed by atoms with Crippen LogP contribution in [0.3, 0.4) is 0 Å². The number of aromatic nitrogens is 2. The van der Waals surface area contributed by atoms with Crippen molar-refractivity contribution in [3.63, 3.8) is 0 Å². The van der Waals surface area contributed by atoms with Gasteiger partial charge in [0.2, 0.25) is 5.95 Å². The van der Waals surface area contributed by atoms with Crippen molar-refractivity contribution in [1.82, 2.24) is 9.97 Å². The molecule has 13 heteroatoms. The predicted molar refractivity (Wildman–Crippen MR) is 120 cm³/mol. The molecule has 1 fully saturated rings. The lowest BCUT2D eigenvalue weighted by Gasteiger charge is -2.60. The molecule has 5 N–H and O–H groups in total. The molecule has 0 aromatic carbocycles. The van der Waals surface area contributed by atoms with Gasteiger partial charge in [-0.2, -0.15) is 4.98 Å². The smallest absolute Gasteiger partial charge is 0.253 e. The van der Waals surface area contributed by atoms with Crippen LogP contribution in [0.1, 0.15) is 38.1 Å². The van der Waals surface area contributed by atoms with Gasteiger partial charge < -0.3 is 21.5 Å². The number of nitrogens with zero attached hydrogens (tertiary/aromatic N) is 2. The predicted octanol–water partition coefficient (Wildman–Crippen LogP) is -1.55. The normalized spacial score (nSPS) is 35.1. The summed E-state index contributed by atoms with van der Waals surface area (Å²) in [5.41, 5.74) is 2.99. The van der Waals surface area contributed by atoms with E-state index in [4.69, 9.17) is 52.8 Å². The second-order valence-corrected chi connectivity index (χ2v) is 8.84. The quantitative estimate of drug-likeness (QED) is 0.471. The molecule has 1 heterocycles. The van der Waals surface area contributed by atoms with Gasteiger partial charge in [0.25, 0.3) is 5.91 Å². The van der Waals surface area contributed by atoms with Crippen LogP contribution in [0.4, 0.5) is 11.8 Å². The fourth-order valence-corrected chi connectivity index (χ4v) is 3.33. The monoisotopic (exact) mass is 381 g/mol. The summed E-state index contributed by atoms with van der Waals surface area (Å²) in [5, 5.41) is 15.2. The van der Waals surface area contributed by atoms with Crippen LogP contribution >= 0.6 is 0 Å². The minimum absolute atomic E-state index is 0.0924. The van der Waals surface area contributed by atoms with Gasteiger partial charge in [0.05, 0.1) is 36.9 Å². The first kappa shape index (κ1) is 23.8. The third-order valence-electron chi connectivity index (χ3n) is 5.19. The molecule has 29 heavy (non-hydrogen) atoms. The van der Waals surface area contributed by atoms with Crippen molar-refractivity contribution in [2.24, 2.45) is 5.73 Å². The van der Waals surface area contributed by atoms with E-state index < -0.39 is 45.8 Å². The minimum atomic E-state index is -1.69. The summed E-state index contributed by atoms with van der Waals surface area (Å²) in [6, 6.07) is 0. The van der Waals surface area contributed by atoms with Gasteiger partial charge in [0.15, 0.2) is 0 Å². The van der Waals surface area contributed by atoms with Crippen LogP contribution < -0.4 is 22.0 Å². The third kappa shape index (κ3) is 4.35. The summed E-state index contributed by atoms with van der Waals surface area (Å²) in [4.78, 5) is 20.3. The molecule has 2 rings (SSSR count). The molecule has 1 aliphatic rings. The molecule has 0 bridgehead atoms. The number of aliphatic hydroxyl groups is 1. The highest BCUT2D eigenvalue weighted by Crippen LogP contribution is 2.59. The average molecular weight is 380 g/mol. The Morgan fingerprint density at radius 2 is 1.69 bits per heavy atom. The van der Waals surface area contributed by atoms with Crippen LogP contribution in [0.2, 0.25) is 22.8 Å². The molecule has 1 amide bonds. The molecular formula is C16H21B6N5O2. The summed E-state index contributed by atoms with van der Waals surface area (Å²) in [6.07, 6.45) is -1.31. The zero-order valence-electron chi connectivity index (χ0n) is 17.1. The first-order valence-electron chi connectivity index (χ1n) is 9.08. The first-order valence-corrected chi connectivity index (χ1v) is 9.08. The van der Waals surface area contributed by atoms with Gasteiger partial charge in [-0.05, 0) is 37.3 Å². The van der Waals surface area contributed by atoms with Crippen LogP contribution in [0.15, 0.2) is 0 Å². The number of amides is 1.